The summed E-state index contributed by atoms with van der Waals surface area (Å²) in [5.41, 5.74) is 7.20. The van der Waals surface area contributed by atoms with Crippen LogP contribution in [0.25, 0.3) is 0 Å². The van der Waals surface area contributed by atoms with Crippen LogP contribution in [-0.2, 0) is 4.79 Å². The summed E-state index contributed by atoms with van der Waals surface area (Å²) >= 11 is 3.38. The summed E-state index contributed by atoms with van der Waals surface area (Å²) in [7, 11) is 0. The molecule has 0 aliphatic rings. The maximum atomic E-state index is 11.5. The Balaban J connectivity index is 2.57. The summed E-state index contributed by atoms with van der Waals surface area (Å²) in [6.07, 6.45) is 7.61. The molecule has 112 valence electrons. The molecule has 0 fully saturated rings. The Morgan fingerprint density at radius 3 is 2.55 bits per heavy atom. The molecule has 1 atom stereocenters. The summed E-state index contributed by atoms with van der Waals surface area (Å²) in [6, 6.07) is 5.42. The standard InChI is InChI=1S/C16H24BrNO2/c1-2-3-4-5-6-7-8-13(16(19)20)14-11-12(17)9-10-15(14)18/h9-11,13H,2-8,18H2,1H3,(H,19,20). The fraction of sp³-hybridized carbons (Fsp3) is 0.562. The second-order valence-corrected chi connectivity index (χ2v) is 6.14. The maximum absolute atomic E-state index is 11.5. The number of carboxylic acids is 1. The first-order valence-electron chi connectivity index (χ1n) is 7.34. The molecule has 0 aromatic heterocycles. The molecule has 0 heterocycles. The molecule has 0 saturated carbocycles. The van der Waals surface area contributed by atoms with Crippen molar-refractivity contribution in [2.45, 2.75) is 57.8 Å². The van der Waals surface area contributed by atoms with E-state index in [0.29, 0.717) is 12.1 Å². The minimum Gasteiger partial charge on any atom is -0.481 e. The average molecular weight is 342 g/mol. The van der Waals surface area contributed by atoms with E-state index >= 15 is 0 Å². The molecule has 0 saturated heterocycles. The molecule has 0 aliphatic carbocycles. The van der Waals surface area contributed by atoms with E-state index < -0.39 is 11.9 Å². The molecule has 1 unspecified atom stereocenters. The van der Waals surface area contributed by atoms with Gasteiger partial charge in [0.05, 0.1) is 5.92 Å². The number of aliphatic carboxylic acids is 1. The van der Waals surface area contributed by atoms with Gasteiger partial charge in [0.2, 0.25) is 0 Å². The van der Waals surface area contributed by atoms with E-state index in [4.69, 9.17) is 5.73 Å². The van der Waals surface area contributed by atoms with Crippen LogP contribution in [0.3, 0.4) is 0 Å². The smallest absolute Gasteiger partial charge is 0.311 e. The molecule has 20 heavy (non-hydrogen) atoms. The lowest BCUT2D eigenvalue weighted by Crippen LogP contribution is -2.13. The summed E-state index contributed by atoms with van der Waals surface area (Å²) in [5.74, 6) is -1.29. The number of unbranched alkanes of at least 4 members (excludes halogenated alkanes) is 5. The van der Waals surface area contributed by atoms with Gasteiger partial charge in [-0.2, -0.15) is 0 Å². The van der Waals surface area contributed by atoms with Crippen LogP contribution >= 0.6 is 15.9 Å². The van der Waals surface area contributed by atoms with Gasteiger partial charge in [-0.1, -0.05) is 61.4 Å². The monoisotopic (exact) mass is 341 g/mol. The fourth-order valence-corrected chi connectivity index (χ4v) is 2.77. The van der Waals surface area contributed by atoms with Crippen LogP contribution in [0.1, 0.15) is 63.4 Å². The van der Waals surface area contributed by atoms with Crippen molar-refractivity contribution in [3.63, 3.8) is 0 Å². The lowest BCUT2D eigenvalue weighted by molar-refractivity contribution is -0.139. The van der Waals surface area contributed by atoms with E-state index in [1.807, 2.05) is 12.1 Å². The Kier molecular flexibility index (Phi) is 7.67. The summed E-state index contributed by atoms with van der Waals surface area (Å²) in [6.45, 7) is 2.19. The molecule has 0 bridgehead atoms. The van der Waals surface area contributed by atoms with Crippen molar-refractivity contribution in [2.75, 3.05) is 5.73 Å². The van der Waals surface area contributed by atoms with Crippen molar-refractivity contribution in [3.8, 4) is 0 Å². The van der Waals surface area contributed by atoms with Gasteiger partial charge in [0, 0.05) is 10.2 Å². The molecule has 0 radical (unpaired) electrons. The van der Waals surface area contributed by atoms with Crippen LogP contribution in [-0.4, -0.2) is 11.1 Å². The van der Waals surface area contributed by atoms with E-state index in [2.05, 4.69) is 22.9 Å². The predicted molar refractivity (Wildman–Crippen MR) is 86.9 cm³/mol. The van der Waals surface area contributed by atoms with Crippen LogP contribution in [0.4, 0.5) is 5.69 Å². The Morgan fingerprint density at radius 2 is 1.90 bits per heavy atom. The lowest BCUT2D eigenvalue weighted by atomic mass is 9.92. The number of hydrogen-bond donors (Lipinski definition) is 2. The number of benzene rings is 1. The average Bonchev–Trinajstić information content (AvgIpc) is 2.41. The molecule has 1 aromatic rings. The van der Waals surface area contributed by atoms with Crippen LogP contribution < -0.4 is 5.73 Å². The molecule has 1 rings (SSSR count). The highest BCUT2D eigenvalue weighted by molar-refractivity contribution is 9.10. The van der Waals surface area contributed by atoms with Crippen molar-refractivity contribution in [1.82, 2.24) is 0 Å². The molecule has 0 aliphatic heterocycles. The third kappa shape index (κ3) is 5.53. The second-order valence-electron chi connectivity index (χ2n) is 5.22. The highest BCUT2D eigenvalue weighted by atomic mass is 79.9. The van der Waals surface area contributed by atoms with Gasteiger partial charge in [-0.25, -0.2) is 0 Å². The number of halogens is 1. The first-order valence-corrected chi connectivity index (χ1v) is 8.13. The number of nitrogens with two attached hydrogens (primary N) is 1. The molecule has 4 heteroatoms. The van der Waals surface area contributed by atoms with Gasteiger partial charge < -0.3 is 10.8 Å². The molecule has 3 N–H and O–H groups in total. The Bertz CT molecular complexity index is 434. The summed E-state index contributed by atoms with van der Waals surface area (Å²) in [5, 5.41) is 9.41. The van der Waals surface area contributed by atoms with Gasteiger partial charge >= 0.3 is 5.97 Å². The topological polar surface area (TPSA) is 63.3 Å². The van der Waals surface area contributed by atoms with Gasteiger partial charge in [-0.15, -0.1) is 0 Å². The van der Waals surface area contributed by atoms with E-state index in [0.717, 1.165) is 22.9 Å². The second kappa shape index (κ2) is 9.01. The summed E-state index contributed by atoms with van der Waals surface area (Å²) < 4.78 is 0.871. The van der Waals surface area contributed by atoms with Gasteiger partial charge in [0.1, 0.15) is 0 Å². The van der Waals surface area contributed by atoms with Crippen LogP contribution in [0.15, 0.2) is 22.7 Å². The SMILES string of the molecule is CCCCCCCCC(C(=O)O)c1cc(Br)ccc1N. The number of nitrogen functional groups attached to an aromatic ring is 1. The number of anilines is 1. The molecule has 0 amide bonds. The zero-order chi connectivity index (χ0) is 15.0. The lowest BCUT2D eigenvalue weighted by Gasteiger charge is -2.15. The number of carbonyl (C=O) groups is 1. The fourth-order valence-electron chi connectivity index (χ4n) is 2.39. The number of carboxylic acid groups (broad SMARTS) is 1. The van der Waals surface area contributed by atoms with Crippen LogP contribution in [0.5, 0.6) is 0 Å². The zero-order valence-corrected chi connectivity index (χ0v) is 13.7. The molecule has 0 spiro atoms. The first-order chi connectivity index (χ1) is 9.56. The zero-order valence-electron chi connectivity index (χ0n) is 12.1. The van der Waals surface area contributed by atoms with Crippen molar-refractivity contribution in [1.29, 1.82) is 0 Å². The van der Waals surface area contributed by atoms with Gasteiger partial charge in [-0.05, 0) is 30.2 Å². The third-order valence-corrected chi connectivity index (χ3v) is 4.06. The molecular formula is C16H24BrNO2. The maximum Gasteiger partial charge on any atom is 0.311 e. The first kappa shape index (κ1) is 17.0. The highest BCUT2D eigenvalue weighted by Gasteiger charge is 2.21. The highest BCUT2D eigenvalue weighted by Crippen LogP contribution is 2.30. The quantitative estimate of drug-likeness (QED) is 0.493. The van der Waals surface area contributed by atoms with Crippen LogP contribution in [0, 0.1) is 0 Å². The van der Waals surface area contributed by atoms with E-state index in [9.17, 15) is 9.90 Å². The van der Waals surface area contributed by atoms with Crippen LogP contribution in [0.2, 0.25) is 0 Å². The Labute approximate surface area is 129 Å². The normalized spacial score (nSPS) is 12.3. The largest absolute Gasteiger partial charge is 0.481 e. The predicted octanol–water partition coefficient (Wildman–Crippen LogP) is 4.95. The minimum absolute atomic E-state index is 0.501. The van der Waals surface area contributed by atoms with E-state index in [1.54, 1.807) is 6.07 Å². The third-order valence-electron chi connectivity index (χ3n) is 3.57. The number of rotatable bonds is 9. The van der Waals surface area contributed by atoms with Gasteiger partial charge in [-0.3, -0.25) is 4.79 Å². The van der Waals surface area contributed by atoms with E-state index in [1.165, 1.54) is 25.7 Å². The Hall–Kier alpha value is -1.03. The van der Waals surface area contributed by atoms with Crippen molar-refractivity contribution in [3.05, 3.63) is 28.2 Å². The minimum atomic E-state index is -0.789. The molecule has 1 aromatic carbocycles. The van der Waals surface area contributed by atoms with Gasteiger partial charge in [0.25, 0.3) is 0 Å². The van der Waals surface area contributed by atoms with Gasteiger partial charge in [0.15, 0.2) is 0 Å². The Morgan fingerprint density at radius 1 is 1.25 bits per heavy atom. The van der Waals surface area contributed by atoms with Crippen molar-refractivity contribution in [2.24, 2.45) is 0 Å². The number of hydrogen-bond acceptors (Lipinski definition) is 2. The van der Waals surface area contributed by atoms with E-state index in [-0.39, 0.29) is 0 Å². The van der Waals surface area contributed by atoms with Crippen molar-refractivity contribution >= 4 is 27.6 Å². The molecular weight excluding hydrogens is 318 g/mol. The van der Waals surface area contributed by atoms with Crippen molar-refractivity contribution < 1.29 is 9.90 Å². The summed E-state index contributed by atoms with van der Waals surface area (Å²) in [4.78, 5) is 11.5. The molecule has 3 nitrogen and oxygen atoms in total.